The van der Waals surface area contributed by atoms with E-state index in [1.54, 1.807) is 24.3 Å². The van der Waals surface area contributed by atoms with Gasteiger partial charge in [0.25, 0.3) is 11.8 Å². The monoisotopic (exact) mass is 316 g/mol. The Kier molecular flexibility index (Phi) is 4.84. The van der Waals surface area contributed by atoms with Crippen LogP contribution in [0.1, 0.15) is 42.5 Å². The minimum atomic E-state index is -0.513. The molecule has 1 heterocycles. The molecule has 0 bridgehead atoms. The standard InChI is InChI=1S/C18H24N2O3/c19-17(21)12-23-16-7-5-14(6-8-16)18(22)20-10-9-13-3-1-2-4-15(13)11-20/h5-8,13,15H,1-4,9-12H2,(H2,19,21)/t13-,15+/m1/s1. The van der Waals surface area contributed by atoms with Crippen LogP contribution in [0.4, 0.5) is 0 Å². The Morgan fingerprint density at radius 2 is 1.78 bits per heavy atom. The lowest BCUT2D eigenvalue weighted by atomic mass is 9.75. The first kappa shape index (κ1) is 15.8. The molecular weight excluding hydrogens is 292 g/mol. The van der Waals surface area contributed by atoms with Crippen LogP contribution in [-0.4, -0.2) is 36.4 Å². The van der Waals surface area contributed by atoms with Crippen molar-refractivity contribution >= 4 is 11.8 Å². The van der Waals surface area contributed by atoms with E-state index in [0.29, 0.717) is 17.2 Å². The molecule has 2 N–H and O–H groups in total. The van der Waals surface area contributed by atoms with Crippen molar-refractivity contribution in [3.63, 3.8) is 0 Å². The number of carbonyl (C=O) groups excluding carboxylic acids is 2. The number of primary amides is 1. The van der Waals surface area contributed by atoms with Crippen molar-refractivity contribution in [1.82, 2.24) is 4.90 Å². The summed E-state index contributed by atoms with van der Waals surface area (Å²) < 4.78 is 5.22. The average Bonchev–Trinajstić information content (AvgIpc) is 2.59. The quantitative estimate of drug-likeness (QED) is 0.925. The molecule has 1 aromatic carbocycles. The molecule has 1 aromatic rings. The van der Waals surface area contributed by atoms with Gasteiger partial charge in [0.1, 0.15) is 5.75 Å². The van der Waals surface area contributed by atoms with Gasteiger partial charge in [0.15, 0.2) is 6.61 Å². The van der Waals surface area contributed by atoms with Crippen LogP contribution in [0.3, 0.4) is 0 Å². The maximum Gasteiger partial charge on any atom is 0.255 e. The third kappa shape index (κ3) is 3.84. The lowest BCUT2D eigenvalue weighted by Crippen LogP contribution is -2.44. The van der Waals surface area contributed by atoms with Gasteiger partial charge in [-0.3, -0.25) is 9.59 Å². The highest BCUT2D eigenvalue weighted by atomic mass is 16.5. The molecule has 1 saturated carbocycles. The maximum absolute atomic E-state index is 12.7. The summed E-state index contributed by atoms with van der Waals surface area (Å²) in [7, 11) is 0. The molecule has 1 aliphatic heterocycles. The van der Waals surface area contributed by atoms with E-state index in [9.17, 15) is 9.59 Å². The van der Waals surface area contributed by atoms with Gasteiger partial charge in [-0.05, 0) is 48.9 Å². The Labute approximate surface area is 136 Å². The van der Waals surface area contributed by atoms with Crippen LogP contribution in [0.2, 0.25) is 0 Å². The summed E-state index contributed by atoms with van der Waals surface area (Å²) in [6.45, 7) is 1.60. The summed E-state index contributed by atoms with van der Waals surface area (Å²) in [5.41, 5.74) is 5.72. The molecule has 23 heavy (non-hydrogen) atoms. The number of piperidine rings is 1. The largest absolute Gasteiger partial charge is 0.484 e. The van der Waals surface area contributed by atoms with Crippen LogP contribution in [0.25, 0.3) is 0 Å². The summed E-state index contributed by atoms with van der Waals surface area (Å²) in [5, 5.41) is 0. The predicted molar refractivity (Wildman–Crippen MR) is 87.1 cm³/mol. The van der Waals surface area contributed by atoms with Crippen LogP contribution < -0.4 is 10.5 Å². The van der Waals surface area contributed by atoms with Gasteiger partial charge in [0.05, 0.1) is 0 Å². The summed E-state index contributed by atoms with van der Waals surface area (Å²) in [4.78, 5) is 25.4. The number of hydrogen-bond donors (Lipinski definition) is 1. The Bertz CT molecular complexity index is 570. The minimum Gasteiger partial charge on any atom is -0.484 e. The lowest BCUT2D eigenvalue weighted by Gasteiger charge is -2.41. The minimum absolute atomic E-state index is 0.0930. The molecular formula is C18H24N2O3. The Morgan fingerprint density at radius 3 is 2.48 bits per heavy atom. The second-order valence-electron chi connectivity index (χ2n) is 6.62. The maximum atomic E-state index is 12.7. The van der Waals surface area contributed by atoms with Crippen molar-refractivity contribution in [3.8, 4) is 5.75 Å². The topological polar surface area (TPSA) is 72.6 Å². The molecule has 1 saturated heterocycles. The fourth-order valence-electron chi connectivity index (χ4n) is 3.82. The Hall–Kier alpha value is -2.04. The summed E-state index contributed by atoms with van der Waals surface area (Å²) in [6, 6.07) is 6.93. The van der Waals surface area contributed by atoms with E-state index in [-0.39, 0.29) is 12.5 Å². The smallest absolute Gasteiger partial charge is 0.255 e. The van der Waals surface area contributed by atoms with Crippen molar-refractivity contribution in [2.75, 3.05) is 19.7 Å². The van der Waals surface area contributed by atoms with Crippen LogP contribution in [-0.2, 0) is 4.79 Å². The van der Waals surface area contributed by atoms with Crippen molar-refractivity contribution in [1.29, 1.82) is 0 Å². The molecule has 0 aromatic heterocycles. The third-order valence-electron chi connectivity index (χ3n) is 5.06. The van der Waals surface area contributed by atoms with E-state index in [0.717, 1.165) is 25.4 Å². The van der Waals surface area contributed by atoms with Crippen molar-refractivity contribution in [2.45, 2.75) is 32.1 Å². The first-order chi connectivity index (χ1) is 11.1. The highest BCUT2D eigenvalue weighted by molar-refractivity contribution is 5.94. The van der Waals surface area contributed by atoms with Gasteiger partial charge in [-0.25, -0.2) is 0 Å². The van der Waals surface area contributed by atoms with Gasteiger partial charge in [-0.2, -0.15) is 0 Å². The second kappa shape index (κ2) is 7.02. The SMILES string of the molecule is NC(=O)COc1ccc(C(=O)N2CC[C@H]3CCCC[C@H]3C2)cc1. The highest BCUT2D eigenvalue weighted by Gasteiger charge is 2.33. The first-order valence-electron chi connectivity index (χ1n) is 8.44. The number of fused-ring (bicyclic) bond motifs is 1. The molecule has 124 valence electrons. The fourth-order valence-corrected chi connectivity index (χ4v) is 3.82. The van der Waals surface area contributed by atoms with Crippen LogP contribution >= 0.6 is 0 Å². The lowest BCUT2D eigenvalue weighted by molar-refractivity contribution is -0.119. The van der Waals surface area contributed by atoms with Gasteiger partial charge < -0.3 is 15.4 Å². The predicted octanol–water partition coefficient (Wildman–Crippen LogP) is 2.20. The van der Waals surface area contributed by atoms with Crippen LogP contribution in [0.5, 0.6) is 5.75 Å². The van der Waals surface area contributed by atoms with E-state index < -0.39 is 5.91 Å². The molecule has 1 aliphatic carbocycles. The molecule has 3 rings (SSSR count). The van der Waals surface area contributed by atoms with Crippen molar-refractivity contribution in [2.24, 2.45) is 17.6 Å². The van der Waals surface area contributed by atoms with Gasteiger partial charge in [0, 0.05) is 18.7 Å². The number of amides is 2. The van der Waals surface area contributed by atoms with Crippen LogP contribution in [0.15, 0.2) is 24.3 Å². The first-order valence-corrected chi connectivity index (χ1v) is 8.44. The molecule has 2 aliphatic rings. The molecule has 2 amide bonds. The number of hydrogen-bond acceptors (Lipinski definition) is 3. The zero-order valence-corrected chi connectivity index (χ0v) is 13.4. The fraction of sp³-hybridized carbons (Fsp3) is 0.556. The van der Waals surface area contributed by atoms with E-state index in [4.69, 9.17) is 10.5 Å². The molecule has 2 fully saturated rings. The van der Waals surface area contributed by atoms with Gasteiger partial charge in [-0.1, -0.05) is 19.3 Å². The summed E-state index contributed by atoms with van der Waals surface area (Å²) in [5.74, 6) is 1.62. The van der Waals surface area contributed by atoms with Crippen molar-refractivity contribution in [3.05, 3.63) is 29.8 Å². The number of nitrogens with zero attached hydrogens (tertiary/aromatic N) is 1. The highest BCUT2D eigenvalue weighted by Crippen LogP contribution is 2.36. The molecule has 0 unspecified atom stereocenters. The Balaban J connectivity index is 1.60. The van der Waals surface area contributed by atoms with Crippen LogP contribution in [0, 0.1) is 11.8 Å². The number of ether oxygens (including phenoxy) is 1. The molecule has 5 nitrogen and oxygen atoms in total. The molecule has 0 spiro atoms. The van der Waals surface area contributed by atoms with Gasteiger partial charge in [-0.15, -0.1) is 0 Å². The van der Waals surface area contributed by atoms with Crippen molar-refractivity contribution < 1.29 is 14.3 Å². The number of rotatable bonds is 4. The number of carbonyl (C=O) groups is 2. The average molecular weight is 316 g/mol. The number of nitrogens with two attached hydrogens (primary N) is 1. The van der Waals surface area contributed by atoms with Gasteiger partial charge >= 0.3 is 0 Å². The molecule has 2 atom stereocenters. The number of likely N-dealkylation sites (tertiary alicyclic amines) is 1. The Morgan fingerprint density at radius 1 is 1.09 bits per heavy atom. The second-order valence-corrected chi connectivity index (χ2v) is 6.62. The zero-order valence-electron chi connectivity index (χ0n) is 13.4. The summed E-state index contributed by atoms with van der Waals surface area (Å²) in [6.07, 6.45) is 6.38. The number of benzene rings is 1. The van der Waals surface area contributed by atoms with E-state index in [2.05, 4.69) is 0 Å². The molecule has 0 radical (unpaired) electrons. The van der Waals surface area contributed by atoms with E-state index in [1.807, 2.05) is 4.90 Å². The zero-order chi connectivity index (χ0) is 16.2. The van der Waals surface area contributed by atoms with E-state index >= 15 is 0 Å². The third-order valence-corrected chi connectivity index (χ3v) is 5.06. The molecule has 5 heteroatoms. The normalized spacial score (nSPS) is 23.9. The van der Waals surface area contributed by atoms with E-state index in [1.165, 1.54) is 25.7 Å². The van der Waals surface area contributed by atoms with Gasteiger partial charge in [0.2, 0.25) is 0 Å². The summed E-state index contributed by atoms with van der Waals surface area (Å²) >= 11 is 0.